The number of methoxy groups -OCH3 is 1. The molecule has 6 nitrogen and oxygen atoms in total. The first-order chi connectivity index (χ1) is 17.4. The highest BCUT2D eigenvalue weighted by Crippen LogP contribution is 2.31. The van der Waals surface area contributed by atoms with Crippen molar-refractivity contribution in [2.24, 2.45) is 0 Å². The minimum absolute atomic E-state index is 0.0106. The topological polar surface area (TPSA) is 53.1 Å². The van der Waals surface area contributed by atoms with E-state index in [0.717, 1.165) is 36.6 Å². The van der Waals surface area contributed by atoms with Crippen LogP contribution in [0.25, 0.3) is 0 Å². The third kappa shape index (κ3) is 5.76. The van der Waals surface area contributed by atoms with Gasteiger partial charge in [0.1, 0.15) is 6.61 Å². The highest BCUT2D eigenvalue weighted by molar-refractivity contribution is 5.94. The maximum absolute atomic E-state index is 14.7. The molecule has 194 valence electrons. The number of amides is 2. The van der Waals surface area contributed by atoms with Gasteiger partial charge in [-0.2, -0.15) is 0 Å². The van der Waals surface area contributed by atoms with E-state index in [1.165, 1.54) is 13.2 Å². The molecule has 2 unspecified atom stereocenters. The Labute approximate surface area is 211 Å². The highest BCUT2D eigenvalue weighted by Gasteiger charge is 2.36. The van der Waals surface area contributed by atoms with Gasteiger partial charge in [-0.15, -0.1) is 0 Å². The second-order valence-electron chi connectivity index (χ2n) is 9.67. The van der Waals surface area contributed by atoms with Crippen molar-refractivity contribution in [2.45, 2.75) is 64.2 Å². The van der Waals surface area contributed by atoms with Crippen LogP contribution in [0.15, 0.2) is 42.5 Å². The van der Waals surface area contributed by atoms with Crippen molar-refractivity contribution in [1.29, 1.82) is 0 Å². The van der Waals surface area contributed by atoms with Crippen LogP contribution in [0.5, 0.6) is 0 Å². The Kier molecular flexibility index (Phi) is 8.69. The molecular weight excluding hydrogens is 464 g/mol. The van der Waals surface area contributed by atoms with E-state index in [1.54, 1.807) is 6.07 Å². The number of carbonyl (C=O) groups excluding carboxylic acids is 2. The summed E-state index contributed by atoms with van der Waals surface area (Å²) in [6, 6.07) is 11.9. The van der Waals surface area contributed by atoms with Gasteiger partial charge in [0.25, 0.3) is 0 Å². The SMILES string of the molecule is CCC(=O)N1CCC2CCCC(CN(Cc3cccc(F)c3F)Cc3ccccc31)N2C(=O)COC. The van der Waals surface area contributed by atoms with Crippen LogP contribution in [0.2, 0.25) is 0 Å². The lowest BCUT2D eigenvalue weighted by molar-refractivity contribution is -0.143. The van der Waals surface area contributed by atoms with Gasteiger partial charge in [0.05, 0.1) is 0 Å². The molecular formula is C28H35F2N3O3. The summed E-state index contributed by atoms with van der Waals surface area (Å²) < 4.78 is 33.9. The fraction of sp³-hybridized carbons (Fsp3) is 0.500. The number of benzene rings is 2. The van der Waals surface area contributed by atoms with Crippen LogP contribution >= 0.6 is 0 Å². The Balaban J connectivity index is 1.77. The lowest BCUT2D eigenvalue weighted by Gasteiger charge is -2.44. The number of anilines is 1. The summed E-state index contributed by atoms with van der Waals surface area (Å²) in [4.78, 5) is 32.1. The van der Waals surface area contributed by atoms with E-state index in [2.05, 4.69) is 4.90 Å². The summed E-state index contributed by atoms with van der Waals surface area (Å²) in [5.41, 5.74) is 2.05. The second kappa shape index (κ2) is 11.9. The number of hydrogen-bond donors (Lipinski definition) is 0. The molecule has 2 amide bonds. The van der Waals surface area contributed by atoms with Crippen LogP contribution in [0, 0.1) is 11.6 Å². The molecule has 36 heavy (non-hydrogen) atoms. The Morgan fingerprint density at radius 1 is 1.00 bits per heavy atom. The van der Waals surface area contributed by atoms with Crippen LogP contribution in [0.3, 0.4) is 0 Å². The monoisotopic (exact) mass is 499 g/mol. The zero-order chi connectivity index (χ0) is 25.7. The van der Waals surface area contributed by atoms with E-state index < -0.39 is 11.6 Å². The van der Waals surface area contributed by atoms with E-state index in [1.807, 2.05) is 41.0 Å². The molecule has 2 bridgehead atoms. The van der Waals surface area contributed by atoms with Crippen molar-refractivity contribution in [3.05, 3.63) is 65.2 Å². The zero-order valence-corrected chi connectivity index (χ0v) is 21.1. The summed E-state index contributed by atoms with van der Waals surface area (Å²) in [5.74, 6) is -1.78. The molecule has 2 aliphatic heterocycles. The molecule has 0 spiro atoms. The number of para-hydroxylation sites is 1. The molecule has 2 heterocycles. The third-order valence-corrected chi connectivity index (χ3v) is 7.28. The smallest absolute Gasteiger partial charge is 0.249 e. The number of carbonyl (C=O) groups is 2. The summed E-state index contributed by atoms with van der Waals surface area (Å²) in [6.45, 7) is 3.48. The number of ether oxygens (including phenoxy) is 1. The van der Waals surface area contributed by atoms with E-state index in [0.29, 0.717) is 32.5 Å². The maximum atomic E-state index is 14.7. The number of halogens is 2. The van der Waals surface area contributed by atoms with Gasteiger partial charge in [-0.3, -0.25) is 14.5 Å². The molecule has 2 atom stereocenters. The lowest BCUT2D eigenvalue weighted by atomic mass is 9.92. The van der Waals surface area contributed by atoms with Crippen LogP contribution < -0.4 is 4.90 Å². The summed E-state index contributed by atoms with van der Waals surface area (Å²) in [7, 11) is 1.51. The van der Waals surface area contributed by atoms with Crippen LogP contribution in [0.1, 0.15) is 50.2 Å². The molecule has 2 aliphatic rings. The molecule has 2 aromatic rings. The van der Waals surface area contributed by atoms with Crippen molar-refractivity contribution < 1.29 is 23.1 Å². The van der Waals surface area contributed by atoms with Gasteiger partial charge in [0, 0.05) is 63.0 Å². The number of nitrogens with zero attached hydrogens (tertiary/aromatic N) is 3. The van der Waals surface area contributed by atoms with Crippen molar-refractivity contribution >= 4 is 17.5 Å². The molecule has 0 aromatic heterocycles. The molecule has 2 aromatic carbocycles. The first kappa shape index (κ1) is 26.2. The molecule has 0 aliphatic carbocycles. The lowest BCUT2D eigenvalue weighted by Crippen LogP contribution is -2.55. The summed E-state index contributed by atoms with van der Waals surface area (Å²) in [5, 5.41) is 0. The van der Waals surface area contributed by atoms with Crippen LogP contribution in [-0.2, 0) is 27.4 Å². The number of fused-ring (bicyclic) bond motifs is 3. The van der Waals surface area contributed by atoms with Gasteiger partial charge in [-0.05, 0) is 43.4 Å². The molecule has 4 rings (SSSR count). The maximum Gasteiger partial charge on any atom is 0.249 e. The van der Waals surface area contributed by atoms with E-state index in [9.17, 15) is 18.4 Å². The van der Waals surface area contributed by atoms with Gasteiger partial charge in [0.15, 0.2) is 11.6 Å². The minimum atomic E-state index is -0.875. The number of hydrogen-bond acceptors (Lipinski definition) is 4. The second-order valence-corrected chi connectivity index (χ2v) is 9.67. The highest BCUT2D eigenvalue weighted by atomic mass is 19.2. The quantitative estimate of drug-likeness (QED) is 0.608. The van der Waals surface area contributed by atoms with Gasteiger partial charge >= 0.3 is 0 Å². The molecule has 8 heteroatoms. The first-order valence-electron chi connectivity index (χ1n) is 12.8. The number of piperidine rings is 1. The average Bonchev–Trinajstić information content (AvgIpc) is 2.88. The molecule has 1 fully saturated rings. The Bertz CT molecular complexity index is 1080. The fourth-order valence-electron chi connectivity index (χ4n) is 5.63. The van der Waals surface area contributed by atoms with Crippen molar-refractivity contribution in [2.75, 3.05) is 31.7 Å². The average molecular weight is 500 g/mol. The fourth-order valence-corrected chi connectivity index (χ4v) is 5.63. The standard InChI is InChI=1S/C28H35F2N3O3/c1-3-26(34)32-15-14-22-10-7-11-23(33(22)27(35)19-36-2)18-31(16-20-8-4-5-13-25(20)32)17-21-9-6-12-24(29)28(21)30/h4-6,8-9,12-13,22-23H,3,7,10-11,14-19H2,1-2H3. The van der Waals surface area contributed by atoms with Crippen LogP contribution in [-0.4, -0.2) is 60.5 Å². The number of rotatable bonds is 5. The van der Waals surface area contributed by atoms with Crippen LogP contribution in [0.4, 0.5) is 14.5 Å². The van der Waals surface area contributed by atoms with Gasteiger partial charge in [0.2, 0.25) is 11.8 Å². The Morgan fingerprint density at radius 3 is 2.56 bits per heavy atom. The summed E-state index contributed by atoms with van der Waals surface area (Å²) >= 11 is 0. The Morgan fingerprint density at radius 2 is 1.78 bits per heavy atom. The van der Waals surface area contributed by atoms with Gasteiger partial charge < -0.3 is 14.5 Å². The van der Waals surface area contributed by atoms with Gasteiger partial charge in [-0.1, -0.05) is 37.3 Å². The summed E-state index contributed by atoms with van der Waals surface area (Å²) in [6.07, 6.45) is 3.69. The van der Waals surface area contributed by atoms with E-state index in [-0.39, 0.29) is 42.6 Å². The predicted molar refractivity (Wildman–Crippen MR) is 134 cm³/mol. The van der Waals surface area contributed by atoms with Crippen molar-refractivity contribution in [1.82, 2.24) is 9.80 Å². The molecule has 0 N–H and O–H groups in total. The zero-order valence-electron chi connectivity index (χ0n) is 21.1. The Hall–Kier alpha value is -2.84. The first-order valence-corrected chi connectivity index (χ1v) is 12.8. The third-order valence-electron chi connectivity index (χ3n) is 7.28. The predicted octanol–water partition coefficient (Wildman–Crippen LogP) is 4.51. The van der Waals surface area contributed by atoms with Crippen molar-refractivity contribution in [3.8, 4) is 0 Å². The normalized spacial score (nSPS) is 21.0. The largest absolute Gasteiger partial charge is 0.375 e. The molecule has 0 radical (unpaired) electrons. The van der Waals surface area contributed by atoms with E-state index in [4.69, 9.17) is 4.74 Å². The van der Waals surface area contributed by atoms with E-state index >= 15 is 0 Å². The molecule has 1 saturated heterocycles. The molecule has 0 saturated carbocycles. The van der Waals surface area contributed by atoms with Gasteiger partial charge in [-0.25, -0.2) is 8.78 Å². The minimum Gasteiger partial charge on any atom is -0.375 e. The van der Waals surface area contributed by atoms with Crippen molar-refractivity contribution in [3.63, 3.8) is 0 Å².